The average molecular weight is 652 g/mol. The van der Waals surface area contributed by atoms with Crippen LogP contribution in [0.15, 0.2) is 48.6 Å². The van der Waals surface area contributed by atoms with Gasteiger partial charge in [0, 0.05) is 6.42 Å². The molecule has 0 aromatic heterocycles. The molecule has 1 amide bonds. The van der Waals surface area contributed by atoms with Crippen molar-refractivity contribution in [3.8, 4) is 0 Å². The van der Waals surface area contributed by atoms with Crippen molar-refractivity contribution in [3.05, 3.63) is 48.6 Å². The normalized spacial score (nSPS) is 14.0. The van der Waals surface area contributed by atoms with E-state index in [9.17, 15) is 22.9 Å². The molecule has 6 nitrogen and oxygen atoms in total. The first-order valence-corrected chi connectivity index (χ1v) is 19.9. The molecule has 7 heteroatoms. The highest BCUT2D eigenvalue weighted by atomic mass is 32.2. The summed E-state index contributed by atoms with van der Waals surface area (Å²) in [5.74, 6) is -1.02. The van der Waals surface area contributed by atoms with E-state index in [0.717, 1.165) is 38.5 Å². The third-order valence-corrected chi connectivity index (χ3v) is 8.83. The molecule has 0 aromatic rings. The second-order valence-electron chi connectivity index (χ2n) is 12.5. The average Bonchev–Trinajstić information content (AvgIpc) is 3.00. The largest absolute Gasteiger partial charge is 0.387 e. The monoisotopic (exact) mass is 651 g/mol. The van der Waals surface area contributed by atoms with Gasteiger partial charge in [-0.1, -0.05) is 145 Å². The lowest BCUT2D eigenvalue weighted by Crippen LogP contribution is -2.46. The van der Waals surface area contributed by atoms with Crippen LogP contribution < -0.4 is 5.32 Å². The van der Waals surface area contributed by atoms with E-state index in [-0.39, 0.29) is 12.3 Å². The maximum Gasteiger partial charge on any atom is 0.267 e. The van der Waals surface area contributed by atoms with Gasteiger partial charge < -0.3 is 10.4 Å². The minimum absolute atomic E-state index is 0.281. The van der Waals surface area contributed by atoms with Crippen LogP contribution in [0.1, 0.15) is 168 Å². The molecule has 0 aliphatic rings. The minimum Gasteiger partial charge on any atom is -0.387 e. The number of amides is 1. The first-order valence-electron chi connectivity index (χ1n) is 18.3. The van der Waals surface area contributed by atoms with Crippen LogP contribution in [-0.2, 0) is 14.9 Å². The van der Waals surface area contributed by atoms with E-state index in [1.165, 1.54) is 109 Å². The third kappa shape index (κ3) is 33.5. The highest BCUT2D eigenvalue weighted by molar-refractivity contribution is 7.85. The number of allylic oxidation sites excluding steroid dienone is 7. The van der Waals surface area contributed by atoms with Crippen molar-refractivity contribution in [3.63, 3.8) is 0 Å². The molecule has 0 heterocycles. The molecular formula is C38H69NO5S. The lowest BCUT2D eigenvalue weighted by atomic mass is 10.0. The molecule has 2 atom stereocenters. The zero-order chi connectivity index (χ0) is 33.3. The Labute approximate surface area is 278 Å². The molecule has 0 spiro atoms. The number of carbonyl (C=O) groups is 1. The zero-order valence-corrected chi connectivity index (χ0v) is 29.8. The molecule has 0 rings (SSSR count). The Morgan fingerprint density at radius 1 is 0.622 bits per heavy atom. The Hall–Kier alpha value is -1.70. The van der Waals surface area contributed by atoms with E-state index in [1.54, 1.807) is 6.08 Å². The molecule has 0 aliphatic heterocycles. The van der Waals surface area contributed by atoms with Gasteiger partial charge in [-0.15, -0.1) is 0 Å². The van der Waals surface area contributed by atoms with Crippen molar-refractivity contribution in [2.75, 3.05) is 5.75 Å². The van der Waals surface area contributed by atoms with E-state index in [0.29, 0.717) is 6.42 Å². The molecule has 0 bridgehead atoms. The molecule has 0 saturated heterocycles. The minimum atomic E-state index is -4.35. The fraction of sp³-hybridized carbons (Fsp3) is 0.763. The number of aliphatic hydroxyl groups is 1. The Morgan fingerprint density at radius 2 is 1.04 bits per heavy atom. The van der Waals surface area contributed by atoms with Crippen molar-refractivity contribution in [2.24, 2.45) is 0 Å². The van der Waals surface area contributed by atoms with Gasteiger partial charge in [0.1, 0.15) is 0 Å². The highest BCUT2D eigenvalue weighted by Crippen LogP contribution is 2.13. The summed E-state index contributed by atoms with van der Waals surface area (Å²) in [5.41, 5.74) is 0. The summed E-state index contributed by atoms with van der Waals surface area (Å²) in [6, 6.07) is -1.08. The fourth-order valence-corrected chi connectivity index (χ4v) is 6.04. The van der Waals surface area contributed by atoms with Gasteiger partial charge in [-0.05, 0) is 64.7 Å². The van der Waals surface area contributed by atoms with Gasteiger partial charge in [-0.3, -0.25) is 9.35 Å². The summed E-state index contributed by atoms with van der Waals surface area (Å²) in [4.78, 5) is 12.4. The van der Waals surface area contributed by atoms with Crippen LogP contribution in [0, 0.1) is 0 Å². The second-order valence-corrected chi connectivity index (χ2v) is 14.0. The van der Waals surface area contributed by atoms with Crippen LogP contribution in [0.2, 0.25) is 0 Å². The Morgan fingerprint density at radius 3 is 1.53 bits per heavy atom. The van der Waals surface area contributed by atoms with Crippen LogP contribution in [0.5, 0.6) is 0 Å². The number of nitrogens with one attached hydrogen (secondary N) is 1. The van der Waals surface area contributed by atoms with E-state index in [2.05, 4.69) is 42.6 Å². The fourth-order valence-electron chi connectivity index (χ4n) is 5.31. The van der Waals surface area contributed by atoms with Gasteiger partial charge in [0.15, 0.2) is 0 Å². The van der Waals surface area contributed by atoms with Crippen molar-refractivity contribution in [2.45, 2.75) is 180 Å². The molecule has 0 saturated carbocycles. The molecule has 262 valence electrons. The summed E-state index contributed by atoms with van der Waals surface area (Å²) in [6.07, 6.45) is 42.7. The van der Waals surface area contributed by atoms with E-state index in [1.807, 2.05) is 13.0 Å². The third-order valence-electron chi connectivity index (χ3n) is 8.05. The SMILES string of the molecule is C/C=C/CC/C=C/CC/C=C/C(O)C(CS(=O)(=O)O)NC(=O)CCCCCCCCCCC/C=C\CCCCCCCCCC. The number of rotatable bonds is 32. The van der Waals surface area contributed by atoms with Crippen LogP contribution in [0.3, 0.4) is 0 Å². The lowest BCUT2D eigenvalue weighted by Gasteiger charge is -2.21. The van der Waals surface area contributed by atoms with E-state index < -0.39 is 28.0 Å². The molecule has 0 aromatic carbocycles. The van der Waals surface area contributed by atoms with Crippen LogP contribution >= 0.6 is 0 Å². The number of hydrogen-bond donors (Lipinski definition) is 3. The maximum atomic E-state index is 12.4. The Kier molecular flexibility index (Phi) is 31.0. The predicted molar refractivity (Wildman–Crippen MR) is 193 cm³/mol. The van der Waals surface area contributed by atoms with Gasteiger partial charge in [-0.2, -0.15) is 8.42 Å². The van der Waals surface area contributed by atoms with Crippen molar-refractivity contribution >= 4 is 16.0 Å². The van der Waals surface area contributed by atoms with Crippen molar-refractivity contribution < 1.29 is 22.9 Å². The van der Waals surface area contributed by atoms with Gasteiger partial charge in [-0.25, -0.2) is 0 Å². The van der Waals surface area contributed by atoms with Gasteiger partial charge in [0.25, 0.3) is 10.1 Å². The topological polar surface area (TPSA) is 104 Å². The van der Waals surface area contributed by atoms with E-state index in [4.69, 9.17) is 0 Å². The molecule has 0 aliphatic carbocycles. The van der Waals surface area contributed by atoms with Crippen LogP contribution in [0.25, 0.3) is 0 Å². The summed E-state index contributed by atoms with van der Waals surface area (Å²) < 4.78 is 32.2. The molecule has 0 radical (unpaired) electrons. The first kappa shape index (κ1) is 43.3. The van der Waals surface area contributed by atoms with E-state index >= 15 is 0 Å². The van der Waals surface area contributed by atoms with Gasteiger partial charge in [0.05, 0.1) is 17.9 Å². The number of unbranched alkanes of at least 4 members (excludes halogenated alkanes) is 19. The zero-order valence-electron chi connectivity index (χ0n) is 29.0. The number of aliphatic hydroxyl groups excluding tert-OH is 1. The summed E-state index contributed by atoms with van der Waals surface area (Å²) in [5, 5.41) is 13.1. The summed E-state index contributed by atoms with van der Waals surface area (Å²) in [7, 11) is -4.35. The highest BCUT2D eigenvalue weighted by Gasteiger charge is 2.24. The molecule has 0 fully saturated rings. The van der Waals surface area contributed by atoms with Crippen molar-refractivity contribution in [1.29, 1.82) is 0 Å². The number of carbonyl (C=O) groups excluding carboxylic acids is 1. The Bertz CT molecular complexity index is 894. The molecular weight excluding hydrogens is 582 g/mol. The smallest absolute Gasteiger partial charge is 0.267 e. The molecule has 3 N–H and O–H groups in total. The summed E-state index contributed by atoms with van der Waals surface area (Å²) in [6.45, 7) is 4.27. The van der Waals surface area contributed by atoms with Crippen molar-refractivity contribution in [1.82, 2.24) is 5.32 Å². The lowest BCUT2D eigenvalue weighted by molar-refractivity contribution is -0.122. The first-order chi connectivity index (χ1) is 21.8. The second kappa shape index (κ2) is 32.2. The summed E-state index contributed by atoms with van der Waals surface area (Å²) >= 11 is 0. The van der Waals surface area contributed by atoms with Crippen LogP contribution in [-0.4, -0.2) is 41.9 Å². The predicted octanol–water partition coefficient (Wildman–Crippen LogP) is 10.3. The maximum absolute atomic E-state index is 12.4. The molecule has 45 heavy (non-hydrogen) atoms. The van der Waals surface area contributed by atoms with Gasteiger partial charge in [0.2, 0.25) is 5.91 Å². The number of hydrogen-bond acceptors (Lipinski definition) is 4. The standard InChI is InChI=1S/C38H69NO5S/c1-3-5-7-9-11-13-14-15-16-17-18-19-20-21-22-23-24-26-28-30-32-34-38(41)39-36(35-45(42,43)44)37(40)33-31-29-27-25-12-10-8-6-4-2/h4,6,12,17-18,25,31,33,36-37,40H,3,5,7-11,13-16,19-24,26-30,32,34-35H2,1-2H3,(H,39,41)(H,42,43,44)/b6-4+,18-17-,25-12+,33-31+. The Balaban J connectivity index is 3.88. The van der Waals surface area contributed by atoms with Gasteiger partial charge >= 0.3 is 0 Å². The molecule has 2 unspecified atom stereocenters. The quantitative estimate of drug-likeness (QED) is 0.0381. The van der Waals surface area contributed by atoms with Crippen LogP contribution in [0.4, 0.5) is 0 Å².